The lowest BCUT2D eigenvalue weighted by Gasteiger charge is -2.26. The lowest BCUT2D eigenvalue weighted by atomic mass is 9.93. The smallest absolute Gasteiger partial charge is 0.338 e. The Morgan fingerprint density at radius 2 is 1.71 bits per heavy atom. The number of benzene rings is 4. The van der Waals surface area contributed by atoms with Crippen molar-refractivity contribution in [1.82, 2.24) is 4.57 Å². The normalized spacial score (nSPS) is 14.5. The van der Waals surface area contributed by atoms with Gasteiger partial charge < -0.3 is 14.2 Å². The number of nitrogens with zero attached hydrogens (tertiary/aromatic N) is 2. The minimum atomic E-state index is -0.776. The number of hydrogen-bond acceptors (Lipinski definition) is 7. The first-order chi connectivity index (χ1) is 21.9. The maximum absolute atomic E-state index is 14.1. The van der Waals surface area contributed by atoms with Gasteiger partial charge in [-0.05, 0) is 66.1 Å². The Kier molecular flexibility index (Phi) is 9.09. The molecule has 226 valence electrons. The molecule has 0 saturated heterocycles. The van der Waals surface area contributed by atoms with Crippen LogP contribution >= 0.6 is 27.3 Å². The molecule has 0 aliphatic carbocycles. The van der Waals surface area contributed by atoms with E-state index in [4.69, 9.17) is 19.2 Å². The fraction of sp³-hybridized carbons (Fsp3) is 0.139. The second kappa shape index (κ2) is 13.5. The summed E-state index contributed by atoms with van der Waals surface area (Å²) in [5.74, 6) is 0.806. The molecule has 0 unspecified atom stereocenters. The van der Waals surface area contributed by atoms with Crippen molar-refractivity contribution in [3.05, 3.63) is 155 Å². The van der Waals surface area contributed by atoms with Crippen LogP contribution in [-0.4, -0.2) is 24.3 Å². The Balaban J connectivity index is 1.44. The molecule has 45 heavy (non-hydrogen) atoms. The van der Waals surface area contributed by atoms with Crippen molar-refractivity contribution in [1.29, 1.82) is 0 Å². The first-order valence-electron chi connectivity index (χ1n) is 14.3. The van der Waals surface area contributed by atoms with Crippen LogP contribution in [0.15, 0.2) is 123 Å². The van der Waals surface area contributed by atoms with Crippen LogP contribution in [-0.2, 0) is 16.1 Å². The van der Waals surface area contributed by atoms with Gasteiger partial charge in [0.1, 0.15) is 18.1 Å². The topological polar surface area (TPSA) is 79.1 Å². The number of fused-ring (bicyclic) bond motifs is 1. The van der Waals surface area contributed by atoms with Gasteiger partial charge >= 0.3 is 5.97 Å². The van der Waals surface area contributed by atoms with Crippen molar-refractivity contribution >= 4 is 45.0 Å². The summed E-state index contributed by atoms with van der Waals surface area (Å²) in [7, 11) is 1.58. The number of methoxy groups -OCH3 is 1. The number of carbonyl (C=O) groups excluding carboxylic acids is 1. The Labute approximate surface area is 272 Å². The van der Waals surface area contributed by atoms with Crippen LogP contribution in [0.1, 0.15) is 35.2 Å². The molecule has 0 fully saturated rings. The first-order valence-corrected chi connectivity index (χ1v) is 16.0. The minimum absolute atomic E-state index is 0.183. The third kappa shape index (κ3) is 6.55. The second-order valence-corrected chi connectivity index (χ2v) is 12.1. The average Bonchev–Trinajstić information content (AvgIpc) is 3.38. The lowest BCUT2D eigenvalue weighted by Crippen LogP contribution is -2.40. The van der Waals surface area contributed by atoms with Gasteiger partial charge in [-0.1, -0.05) is 94.0 Å². The predicted molar refractivity (Wildman–Crippen MR) is 179 cm³/mol. The fourth-order valence-corrected chi connectivity index (χ4v) is 6.39. The summed E-state index contributed by atoms with van der Waals surface area (Å²) in [6.07, 6.45) is 1.83. The van der Waals surface area contributed by atoms with Gasteiger partial charge in [-0.2, -0.15) is 0 Å². The number of thiazole rings is 1. The SMILES string of the molecule is CCOC(=O)C1=C(c2ccccc2)N=c2s/c(=C\c3ccc(OCc4ccc(Br)cc4)cc3)c(=O)n2[C@@H]1c1cccc(OC)c1. The molecule has 4 aromatic carbocycles. The quantitative estimate of drug-likeness (QED) is 0.171. The van der Waals surface area contributed by atoms with Gasteiger partial charge in [0.2, 0.25) is 0 Å². The van der Waals surface area contributed by atoms with E-state index in [1.165, 1.54) is 11.3 Å². The molecule has 0 radical (unpaired) electrons. The van der Waals surface area contributed by atoms with E-state index in [1.807, 2.05) is 109 Å². The second-order valence-electron chi connectivity index (χ2n) is 10.2. The molecule has 6 rings (SSSR count). The largest absolute Gasteiger partial charge is 0.497 e. The summed E-state index contributed by atoms with van der Waals surface area (Å²) in [5.41, 5.74) is 3.87. The molecular weight excluding hydrogens is 652 g/mol. The van der Waals surface area contributed by atoms with E-state index in [1.54, 1.807) is 18.6 Å². The van der Waals surface area contributed by atoms with Gasteiger partial charge in [-0.15, -0.1) is 0 Å². The molecule has 1 aliphatic rings. The molecule has 0 saturated carbocycles. The number of hydrogen-bond donors (Lipinski definition) is 0. The van der Waals surface area contributed by atoms with E-state index in [9.17, 15) is 9.59 Å². The molecule has 1 atom stereocenters. The first kappa shape index (κ1) is 30.3. The summed E-state index contributed by atoms with van der Waals surface area (Å²) < 4.78 is 20.1. The highest BCUT2D eigenvalue weighted by Crippen LogP contribution is 2.36. The van der Waals surface area contributed by atoms with E-state index in [2.05, 4.69) is 15.9 Å². The standard InChI is InChI=1S/C36H29BrN2O5S/c1-3-43-35(41)31-32(25-8-5-4-6-9-25)38-36-39(33(31)26-10-7-11-29(21-26)42-2)34(40)30(45-36)20-23-14-18-28(19-15-23)44-22-24-12-16-27(37)17-13-24/h4-21,33H,3,22H2,1-2H3/b30-20-/t33-/m1/s1. The maximum Gasteiger partial charge on any atom is 0.338 e. The van der Waals surface area contributed by atoms with Gasteiger partial charge in [-0.3, -0.25) is 9.36 Å². The summed E-state index contributed by atoms with van der Waals surface area (Å²) >= 11 is 4.73. The van der Waals surface area contributed by atoms with Crippen LogP contribution in [0.3, 0.4) is 0 Å². The van der Waals surface area contributed by atoms with Gasteiger partial charge in [0.15, 0.2) is 4.80 Å². The van der Waals surface area contributed by atoms with Crippen LogP contribution in [0.5, 0.6) is 11.5 Å². The van der Waals surface area contributed by atoms with Gasteiger partial charge in [0, 0.05) is 10.0 Å². The van der Waals surface area contributed by atoms with Crippen molar-refractivity contribution in [3.63, 3.8) is 0 Å². The molecule has 1 aromatic heterocycles. The fourth-order valence-electron chi connectivity index (χ4n) is 5.13. The zero-order valence-corrected chi connectivity index (χ0v) is 27.0. The number of rotatable bonds is 9. The van der Waals surface area contributed by atoms with Crippen molar-refractivity contribution in [2.24, 2.45) is 4.99 Å². The van der Waals surface area contributed by atoms with E-state index in [-0.39, 0.29) is 12.2 Å². The number of carbonyl (C=O) groups is 1. The van der Waals surface area contributed by atoms with Crippen LogP contribution in [0.4, 0.5) is 0 Å². The molecular formula is C36H29BrN2O5S. The zero-order chi connectivity index (χ0) is 31.3. The van der Waals surface area contributed by atoms with Crippen LogP contribution < -0.4 is 24.4 Å². The highest BCUT2D eigenvalue weighted by molar-refractivity contribution is 9.10. The number of aromatic nitrogens is 1. The molecule has 0 amide bonds. The molecule has 0 N–H and O–H groups in total. The van der Waals surface area contributed by atoms with Crippen LogP contribution in [0.25, 0.3) is 11.8 Å². The summed E-state index contributed by atoms with van der Waals surface area (Å²) in [6, 6.07) is 31.7. The van der Waals surface area contributed by atoms with E-state index in [0.29, 0.717) is 38.5 Å². The molecule has 7 nitrogen and oxygen atoms in total. The van der Waals surface area contributed by atoms with Gasteiger partial charge in [-0.25, -0.2) is 9.79 Å². The van der Waals surface area contributed by atoms with E-state index >= 15 is 0 Å². The molecule has 5 aromatic rings. The summed E-state index contributed by atoms with van der Waals surface area (Å²) in [4.78, 5) is 33.1. The van der Waals surface area contributed by atoms with Gasteiger partial charge in [0.25, 0.3) is 5.56 Å². The number of esters is 1. The third-order valence-electron chi connectivity index (χ3n) is 7.28. The van der Waals surface area contributed by atoms with Gasteiger partial charge in [0.05, 0.1) is 35.6 Å². The van der Waals surface area contributed by atoms with Crippen molar-refractivity contribution in [2.75, 3.05) is 13.7 Å². The average molecular weight is 682 g/mol. The van der Waals surface area contributed by atoms with Crippen molar-refractivity contribution in [3.8, 4) is 11.5 Å². The highest BCUT2D eigenvalue weighted by Gasteiger charge is 2.35. The monoisotopic (exact) mass is 680 g/mol. The Morgan fingerprint density at radius 3 is 2.42 bits per heavy atom. The van der Waals surface area contributed by atoms with Crippen LogP contribution in [0.2, 0.25) is 0 Å². The lowest BCUT2D eigenvalue weighted by molar-refractivity contribution is -0.138. The molecule has 0 bridgehead atoms. The maximum atomic E-state index is 14.1. The minimum Gasteiger partial charge on any atom is -0.497 e. The van der Waals surface area contributed by atoms with E-state index < -0.39 is 12.0 Å². The molecule has 2 heterocycles. The van der Waals surface area contributed by atoms with Crippen molar-refractivity contribution in [2.45, 2.75) is 19.6 Å². The van der Waals surface area contributed by atoms with E-state index in [0.717, 1.165) is 26.9 Å². The Bertz CT molecular complexity index is 2050. The number of halogens is 1. The highest BCUT2D eigenvalue weighted by atomic mass is 79.9. The van der Waals surface area contributed by atoms with Crippen molar-refractivity contribution < 1.29 is 19.0 Å². The zero-order valence-electron chi connectivity index (χ0n) is 24.6. The predicted octanol–water partition coefficient (Wildman–Crippen LogP) is 6.29. The summed E-state index contributed by atoms with van der Waals surface area (Å²) in [5, 5.41) is 0. The van der Waals surface area contributed by atoms with Crippen LogP contribution in [0, 0.1) is 0 Å². The molecule has 9 heteroatoms. The number of ether oxygens (including phenoxy) is 3. The molecule has 0 spiro atoms. The third-order valence-corrected chi connectivity index (χ3v) is 8.79. The Hall–Kier alpha value is -4.73. The summed E-state index contributed by atoms with van der Waals surface area (Å²) in [6.45, 7) is 2.39. The Morgan fingerprint density at radius 1 is 0.956 bits per heavy atom. The molecule has 1 aliphatic heterocycles.